The molecule has 1 heterocycles. The van der Waals surface area contributed by atoms with E-state index in [2.05, 4.69) is 0 Å². The Balaban J connectivity index is 2.70. The smallest absolute Gasteiger partial charge is 0.372 e. The number of hydrogen-bond acceptors (Lipinski definition) is 2. The zero-order valence-electron chi connectivity index (χ0n) is 8.79. The topological polar surface area (TPSA) is 50.4 Å². The minimum Gasteiger partial charge on any atom is -0.475 e. The second kappa shape index (κ2) is 4.18. The molecule has 0 aliphatic rings. The molecule has 2 rings (SSSR count). The van der Waals surface area contributed by atoms with Crippen molar-refractivity contribution in [1.82, 2.24) is 0 Å². The van der Waals surface area contributed by atoms with Crippen molar-refractivity contribution in [2.24, 2.45) is 0 Å². The van der Waals surface area contributed by atoms with Gasteiger partial charge in [0.25, 0.3) is 0 Å². The summed E-state index contributed by atoms with van der Waals surface area (Å²) in [7, 11) is 0. The predicted octanol–water partition coefficient (Wildman–Crippen LogP) is 3.74. The van der Waals surface area contributed by atoms with E-state index in [0.29, 0.717) is 17.0 Å². The van der Waals surface area contributed by atoms with Crippen molar-refractivity contribution in [2.45, 2.75) is 19.8 Å². The van der Waals surface area contributed by atoms with Crippen molar-refractivity contribution in [2.75, 3.05) is 0 Å². The summed E-state index contributed by atoms with van der Waals surface area (Å²) < 4.78 is 5.31. The number of fused-ring (bicyclic) bond motifs is 1. The standard InChI is InChI=1S/C12H11ClO3/c1-2-3-9-8-5-4-7(13)6-10(8)16-11(9)12(14)15/h4-6H,2-3H2,1H3,(H,14,15). The Morgan fingerprint density at radius 2 is 2.25 bits per heavy atom. The van der Waals surface area contributed by atoms with Gasteiger partial charge in [0, 0.05) is 22.0 Å². The molecule has 0 saturated carbocycles. The summed E-state index contributed by atoms with van der Waals surface area (Å²) in [6.07, 6.45) is 1.56. The van der Waals surface area contributed by atoms with Gasteiger partial charge in [0.2, 0.25) is 5.76 Å². The average molecular weight is 239 g/mol. The molecule has 0 amide bonds. The summed E-state index contributed by atoms with van der Waals surface area (Å²) in [6.45, 7) is 2.00. The fourth-order valence-electron chi connectivity index (χ4n) is 1.79. The van der Waals surface area contributed by atoms with Crippen molar-refractivity contribution in [1.29, 1.82) is 0 Å². The molecule has 0 aliphatic carbocycles. The summed E-state index contributed by atoms with van der Waals surface area (Å²) >= 11 is 5.83. The second-order valence-corrected chi connectivity index (χ2v) is 4.04. The average Bonchev–Trinajstić information content (AvgIpc) is 2.57. The van der Waals surface area contributed by atoms with E-state index in [-0.39, 0.29) is 5.76 Å². The SMILES string of the molecule is CCCc1c(C(=O)O)oc2cc(Cl)ccc12. The van der Waals surface area contributed by atoms with E-state index in [0.717, 1.165) is 17.4 Å². The zero-order valence-corrected chi connectivity index (χ0v) is 9.54. The number of benzene rings is 1. The number of hydrogen-bond donors (Lipinski definition) is 1. The first-order valence-electron chi connectivity index (χ1n) is 5.07. The van der Waals surface area contributed by atoms with Gasteiger partial charge in [-0.2, -0.15) is 0 Å². The van der Waals surface area contributed by atoms with Crippen LogP contribution < -0.4 is 0 Å². The van der Waals surface area contributed by atoms with E-state index >= 15 is 0 Å². The third kappa shape index (κ3) is 1.78. The lowest BCUT2D eigenvalue weighted by Crippen LogP contribution is -1.98. The minimum atomic E-state index is -1.03. The maximum Gasteiger partial charge on any atom is 0.372 e. The molecule has 0 aliphatic heterocycles. The van der Waals surface area contributed by atoms with E-state index in [4.69, 9.17) is 21.1 Å². The number of halogens is 1. The minimum absolute atomic E-state index is 0.0270. The van der Waals surface area contributed by atoms with Crippen LogP contribution in [-0.2, 0) is 6.42 Å². The molecular formula is C12H11ClO3. The van der Waals surface area contributed by atoms with Gasteiger partial charge in [0.15, 0.2) is 0 Å². The van der Waals surface area contributed by atoms with Crippen LogP contribution in [0.1, 0.15) is 29.5 Å². The molecule has 16 heavy (non-hydrogen) atoms. The lowest BCUT2D eigenvalue weighted by Gasteiger charge is -1.96. The number of aromatic carboxylic acids is 1. The monoisotopic (exact) mass is 238 g/mol. The van der Waals surface area contributed by atoms with Crippen LogP contribution in [0, 0.1) is 0 Å². The number of furan rings is 1. The van der Waals surface area contributed by atoms with Gasteiger partial charge < -0.3 is 9.52 Å². The third-order valence-corrected chi connectivity index (χ3v) is 2.68. The maximum absolute atomic E-state index is 11.0. The van der Waals surface area contributed by atoms with Gasteiger partial charge in [-0.25, -0.2) is 4.79 Å². The second-order valence-electron chi connectivity index (χ2n) is 3.61. The van der Waals surface area contributed by atoms with Crippen LogP contribution in [0.15, 0.2) is 22.6 Å². The number of carbonyl (C=O) groups is 1. The summed E-state index contributed by atoms with van der Waals surface area (Å²) in [6, 6.07) is 5.19. The van der Waals surface area contributed by atoms with E-state index in [1.807, 2.05) is 6.92 Å². The molecule has 3 nitrogen and oxygen atoms in total. The van der Waals surface area contributed by atoms with Crippen molar-refractivity contribution in [3.05, 3.63) is 34.5 Å². The van der Waals surface area contributed by atoms with Crippen LogP contribution in [-0.4, -0.2) is 11.1 Å². The summed E-state index contributed by atoms with van der Waals surface area (Å²) in [5, 5.41) is 10.4. The highest BCUT2D eigenvalue weighted by molar-refractivity contribution is 6.31. The van der Waals surface area contributed by atoms with Crippen molar-refractivity contribution >= 4 is 28.5 Å². The Morgan fingerprint density at radius 1 is 1.50 bits per heavy atom. The van der Waals surface area contributed by atoms with Gasteiger partial charge in [-0.1, -0.05) is 24.9 Å². The van der Waals surface area contributed by atoms with Gasteiger partial charge in [0.1, 0.15) is 5.58 Å². The quantitative estimate of drug-likeness (QED) is 0.886. The molecule has 2 aromatic rings. The van der Waals surface area contributed by atoms with E-state index in [1.165, 1.54) is 0 Å². The van der Waals surface area contributed by atoms with Crippen molar-refractivity contribution < 1.29 is 14.3 Å². The summed E-state index contributed by atoms with van der Waals surface area (Å²) in [4.78, 5) is 11.0. The molecule has 0 spiro atoms. The lowest BCUT2D eigenvalue weighted by atomic mass is 10.1. The molecule has 1 aromatic carbocycles. The van der Waals surface area contributed by atoms with Gasteiger partial charge in [-0.15, -0.1) is 0 Å². The van der Waals surface area contributed by atoms with Gasteiger partial charge in [-0.05, 0) is 18.6 Å². The Morgan fingerprint density at radius 3 is 2.88 bits per heavy atom. The van der Waals surface area contributed by atoms with Gasteiger partial charge >= 0.3 is 5.97 Å². The van der Waals surface area contributed by atoms with Crippen molar-refractivity contribution in [3.63, 3.8) is 0 Å². The Bertz CT molecular complexity index is 542. The fraction of sp³-hybridized carbons (Fsp3) is 0.250. The lowest BCUT2D eigenvalue weighted by molar-refractivity contribution is 0.0663. The largest absolute Gasteiger partial charge is 0.475 e. The first kappa shape index (κ1) is 11.0. The van der Waals surface area contributed by atoms with Crippen LogP contribution in [0.25, 0.3) is 11.0 Å². The van der Waals surface area contributed by atoms with Crippen LogP contribution >= 0.6 is 11.6 Å². The van der Waals surface area contributed by atoms with Crippen LogP contribution in [0.2, 0.25) is 5.02 Å². The number of aryl methyl sites for hydroxylation is 1. The van der Waals surface area contributed by atoms with Gasteiger partial charge in [-0.3, -0.25) is 0 Å². The highest BCUT2D eigenvalue weighted by Crippen LogP contribution is 2.29. The van der Waals surface area contributed by atoms with E-state index in [1.54, 1.807) is 18.2 Å². The Labute approximate surface area is 97.6 Å². The number of carboxylic acids is 1. The Hall–Kier alpha value is -1.48. The highest BCUT2D eigenvalue weighted by Gasteiger charge is 2.18. The summed E-state index contributed by atoms with van der Waals surface area (Å²) in [5.74, 6) is -1.00. The first-order chi connectivity index (χ1) is 7.63. The molecule has 0 saturated heterocycles. The molecule has 0 fully saturated rings. The van der Waals surface area contributed by atoms with Crippen molar-refractivity contribution in [3.8, 4) is 0 Å². The zero-order chi connectivity index (χ0) is 11.7. The fourth-order valence-corrected chi connectivity index (χ4v) is 1.96. The van der Waals surface area contributed by atoms with Crippen LogP contribution in [0.4, 0.5) is 0 Å². The van der Waals surface area contributed by atoms with Crippen LogP contribution in [0.5, 0.6) is 0 Å². The number of carboxylic acid groups (broad SMARTS) is 1. The summed E-state index contributed by atoms with van der Waals surface area (Å²) in [5.41, 5.74) is 1.29. The van der Waals surface area contributed by atoms with E-state index < -0.39 is 5.97 Å². The molecule has 1 N–H and O–H groups in total. The molecule has 0 atom stereocenters. The molecule has 0 radical (unpaired) electrons. The first-order valence-corrected chi connectivity index (χ1v) is 5.45. The molecule has 4 heteroatoms. The highest BCUT2D eigenvalue weighted by atomic mass is 35.5. The molecule has 84 valence electrons. The van der Waals surface area contributed by atoms with Crippen LogP contribution in [0.3, 0.4) is 0 Å². The normalized spacial score (nSPS) is 10.9. The molecule has 0 bridgehead atoms. The predicted molar refractivity (Wildman–Crippen MR) is 62.2 cm³/mol. The molecule has 1 aromatic heterocycles. The third-order valence-electron chi connectivity index (χ3n) is 2.45. The number of rotatable bonds is 3. The van der Waals surface area contributed by atoms with Gasteiger partial charge in [0.05, 0.1) is 0 Å². The maximum atomic E-state index is 11.0. The Kier molecular flexibility index (Phi) is 2.88. The molecular weight excluding hydrogens is 228 g/mol. The molecule has 0 unspecified atom stereocenters. The van der Waals surface area contributed by atoms with E-state index in [9.17, 15) is 4.79 Å².